The van der Waals surface area contributed by atoms with Crippen LogP contribution in [-0.2, 0) is 9.22 Å². The van der Waals surface area contributed by atoms with Crippen molar-refractivity contribution < 1.29 is 14.0 Å². The number of amides is 1. The zero-order valence-electron chi connectivity index (χ0n) is 23.2. The largest absolute Gasteiger partial charge is 0.462 e. The zero-order chi connectivity index (χ0) is 28.5. The molecule has 4 aromatic rings. The van der Waals surface area contributed by atoms with Gasteiger partial charge in [-0.3, -0.25) is 9.69 Å². The second-order valence-electron chi connectivity index (χ2n) is 11.3. The molecule has 1 amide bonds. The van der Waals surface area contributed by atoms with Crippen LogP contribution in [0.4, 0.5) is 5.82 Å². The molecule has 0 spiro atoms. The molecule has 1 N–H and O–H groups in total. The summed E-state index contributed by atoms with van der Waals surface area (Å²) in [6.07, 6.45) is 5.45. The Bertz CT molecular complexity index is 1490. The van der Waals surface area contributed by atoms with Gasteiger partial charge in [0.2, 0.25) is 5.88 Å². The minimum atomic E-state index is -1.89. The van der Waals surface area contributed by atoms with Crippen LogP contribution in [0.25, 0.3) is 16.9 Å². The number of rotatable bonds is 9. The van der Waals surface area contributed by atoms with Gasteiger partial charge in [-0.15, -0.1) is 0 Å². The fourth-order valence-corrected chi connectivity index (χ4v) is 5.67. The molecule has 5 rings (SSSR count). The van der Waals surface area contributed by atoms with E-state index < -0.39 is 14.4 Å². The van der Waals surface area contributed by atoms with Crippen LogP contribution in [0, 0.1) is 0 Å². The molecule has 1 aliphatic rings. The number of halogens is 1. The maximum absolute atomic E-state index is 13.4. The molecule has 5 heterocycles. The Hall–Kier alpha value is -3.45. The number of nitrogens with zero attached hydrogens (tertiary/aromatic N) is 7. The van der Waals surface area contributed by atoms with E-state index in [2.05, 4.69) is 69.1 Å². The molecule has 1 atom stereocenters. The number of pyridine rings is 2. The maximum Gasteiger partial charge on any atom is 0.268 e. The first kappa shape index (κ1) is 28.1. The van der Waals surface area contributed by atoms with E-state index in [9.17, 15) is 4.79 Å². The fraction of sp³-hybridized carbons (Fsp3) is 0.407. The second-order valence-corrected chi connectivity index (χ2v) is 16.5. The summed E-state index contributed by atoms with van der Waals surface area (Å²) < 4.78 is 14.3. The third-order valence-electron chi connectivity index (χ3n) is 7.35. The lowest BCUT2D eigenvalue weighted by molar-refractivity contribution is -0.125. The Morgan fingerprint density at radius 3 is 2.60 bits per heavy atom. The molecule has 40 heavy (non-hydrogen) atoms. The standard InChI is InChI=1S/C27H33ClN8O3Si/c1-27(2,3)40(4,5)39-18-14-35(15-18)16-21(25(37)34-22-10-6-7-11-29-22)38-26-19-13-33-36(23(19)31-17-32-26)24-20(28)9-8-12-30-24/h6-13,17-18,21H,14-16H2,1-5H3,(H,29,34,37). The van der Waals surface area contributed by atoms with Crippen molar-refractivity contribution in [3.63, 3.8) is 0 Å². The molecular weight excluding hydrogens is 548 g/mol. The van der Waals surface area contributed by atoms with E-state index in [0.29, 0.717) is 34.2 Å². The lowest BCUT2D eigenvalue weighted by Gasteiger charge is -2.46. The van der Waals surface area contributed by atoms with Crippen molar-refractivity contribution in [2.45, 2.75) is 51.1 Å². The number of carbonyl (C=O) groups is 1. The second kappa shape index (κ2) is 11.2. The lowest BCUT2D eigenvalue weighted by Crippen LogP contribution is -2.60. The van der Waals surface area contributed by atoms with Gasteiger partial charge in [0, 0.05) is 32.0 Å². The molecule has 11 nitrogen and oxygen atoms in total. The Labute approximate surface area is 239 Å². The highest BCUT2D eigenvalue weighted by Crippen LogP contribution is 2.38. The first-order chi connectivity index (χ1) is 19.0. The number of aromatic nitrogens is 6. The van der Waals surface area contributed by atoms with Crippen LogP contribution >= 0.6 is 11.6 Å². The van der Waals surface area contributed by atoms with Crippen molar-refractivity contribution in [2.75, 3.05) is 25.0 Å². The van der Waals surface area contributed by atoms with E-state index in [1.165, 1.54) is 11.0 Å². The molecule has 13 heteroatoms. The molecule has 0 saturated carbocycles. The Balaban J connectivity index is 1.36. The van der Waals surface area contributed by atoms with Crippen molar-refractivity contribution in [2.24, 2.45) is 0 Å². The molecule has 1 unspecified atom stereocenters. The van der Waals surface area contributed by atoms with Crippen LogP contribution in [0.3, 0.4) is 0 Å². The summed E-state index contributed by atoms with van der Waals surface area (Å²) in [6, 6.07) is 8.79. The third kappa shape index (κ3) is 5.99. The zero-order valence-corrected chi connectivity index (χ0v) is 25.0. The van der Waals surface area contributed by atoms with Gasteiger partial charge >= 0.3 is 0 Å². The molecule has 1 fully saturated rings. The van der Waals surface area contributed by atoms with Crippen LogP contribution in [0.1, 0.15) is 20.8 Å². The van der Waals surface area contributed by atoms with Crippen LogP contribution in [0.15, 0.2) is 55.2 Å². The number of carbonyl (C=O) groups excluding carboxylic acids is 1. The van der Waals surface area contributed by atoms with Crippen molar-refractivity contribution in [3.05, 3.63) is 60.3 Å². The number of hydrogen-bond donors (Lipinski definition) is 1. The highest BCUT2D eigenvalue weighted by atomic mass is 35.5. The predicted octanol–water partition coefficient (Wildman–Crippen LogP) is 4.35. The summed E-state index contributed by atoms with van der Waals surface area (Å²) in [5.74, 6) is 0.773. The quantitative estimate of drug-likeness (QED) is 0.288. The topological polar surface area (TPSA) is 120 Å². The van der Waals surface area contributed by atoms with Crippen molar-refractivity contribution in [1.29, 1.82) is 0 Å². The van der Waals surface area contributed by atoms with Crippen molar-refractivity contribution >= 4 is 42.7 Å². The molecular formula is C27H33ClN8O3Si. The van der Waals surface area contributed by atoms with Gasteiger partial charge in [0.25, 0.3) is 5.91 Å². The Morgan fingerprint density at radius 1 is 1.12 bits per heavy atom. The summed E-state index contributed by atoms with van der Waals surface area (Å²) in [7, 11) is -1.89. The summed E-state index contributed by atoms with van der Waals surface area (Å²) in [4.78, 5) is 32.8. The molecule has 1 saturated heterocycles. The molecule has 0 aromatic carbocycles. The molecule has 0 radical (unpaired) electrons. The number of hydrogen-bond acceptors (Lipinski definition) is 9. The summed E-state index contributed by atoms with van der Waals surface area (Å²) in [5, 5.41) is 8.35. The van der Waals surface area contributed by atoms with Gasteiger partial charge in [-0.25, -0.2) is 19.9 Å². The first-order valence-corrected chi connectivity index (χ1v) is 16.4. The molecule has 0 aliphatic carbocycles. The molecule has 1 aliphatic heterocycles. The fourth-order valence-electron chi connectivity index (χ4n) is 4.13. The predicted molar refractivity (Wildman–Crippen MR) is 155 cm³/mol. The van der Waals surface area contributed by atoms with Gasteiger partial charge in [0.05, 0.1) is 17.3 Å². The van der Waals surface area contributed by atoms with Crippen LogP contribution in [-0.4, -0.2) is 80.7 Å². The minimum Gasteiger partial charge on any atom is -0.462 e. The van der Waals surface area contributed by atoms with E-state index in [1.54, 1.807) is 42.9 Å². The number of likely N-dealkylation sites (tertiary alicyclic amines) is 1. The van der Waals surface area contributed by atoms with Gasteiger partial charge in [-0.05, 0) is 42.4 Å². The molecule has 4 aromatic heterocycles. The summed E-state index contributed by atoms with van der Waals surface area (Å²) in [6.45, 7) is 13.0. The summed E-state index contributed by atoms with van der Waals surface area (Å²) in [5.41, 5.74) is 0.460. The number of anilines is 1. The summed E-state index contributed by atoms with van der Waals surface area (Å²) >= 11 is 6.34. The van der Waals surface area contributed by atoms with E-state index in [4.69, 9.17) is 20.8 Å². The van der Waals surface area contributed by atoms with Gasteiger partial charge in [-0.2, -0.15) is 9.78 Å². The van der Waals surface area contributed by atoms with E-state index in [-0.39, 0.29) is 22.9 Å². The average molecular weight is 581 g/mol. The molecule has 210 valence electrons. The highest BCUT2D eigenvalue weighted by molar-refractivity contribution is 6.74. The SMILES string of the molecule is CC(C)(C)[Si](C)(C)OC1CN(CC(Oc2ncnc3c2cnn3-c2ncccc2Cl)C(=O)Nc2ccccn2)C1. The number of nitrogens with one attached hydrogen (secondary N) is 1. The Kier molecular flexibility index (Phi) is 7.86. The van der Waals surface area contributed by atoms with Crippen molar-refractivity contribution in [3.8, 4) is 11.7 Å². The van der Waals surface area contributed by atoms with Gasteiger partial charge in [-0.1, -0.05) is 38.4 Å². The maximum atomic E-state index is 13.4. The van der Waals surface area contributed by atoms with Gasteiger partial charge < -0.3 is 14.5 Å². The Morgan fingerprint density at radius 2 is 1.90 bits per heavy atom. The normalized spacial score (nSPS) is 15.6. The monoisotopic (exact) mass is 580 g/mol. The van der Waals surface area contributed by atoms with E-state index >= 15 is 0 Å². The van der Waals surface area contributed by atoms with Crippen molar-refractivity contribution in [1.82, 2.24) is 34.6 Å². The van der Waals surface area contributed by atoms with E-state index in [0.717, 1.165) is 13.1 Å². The third-order valence-corrected chi connectivity index (χ3v) is 12.2. The van der Waals surface area contributed by atoms with Crippen LogP contribution in [0.5, 0.6) is 5.88 Å². The average Bonchev–Trinajstić information content (AvgIpc) is 3.32. The highest BCUT2D eigenvalue weighted by Gasteiger charge is 2.42. The van der Waals surface area contributed by atoms with Crippen LogP contribution < -0.4 is 10.1 Å². The minimum absolute atomic E-state index is 0.129. The lowest BCUT2D eigenvalue weighted by atomic mass is 10.1. The smallest absolute Gasteiger partial charge is 0.268 e. The number of ether oxygens (including phenoxy) is 1. The number of fused-ring (bicyclic) bond motifs is 1. The molecule has 0 bridgehead atoms. The van der Waals surface area contributed by atoms with Gasteiger partial charge in [0.1, 0.15) is 17.5 Å². The van der Waals surface area contributed by atoms with E-state index in [1.807, 2.05) is 6.07 Å². The van der Waals surface area contributed by atoms with Gasteiger partial charge in [0.15, 0.2) is 25.9 Å². The van der Waals surface area contributed by atoms with Crippen LogP contribution in [0.2, 0.25) is 23.2 Å². The first-order valence-electron chi connectivity index (χ1n) is 13.1.